The Morgan fingerprint density at radius 2 is 1.61 bits per heavy atom. The van der Waals surface area contributed by atoms with Gasteiger partial charge >= 0.3 is 0 Å². The molecule has 0 spiro atoms. The quantitative estimate of drug-likeness (QED) is 0.227. The highest BCUT2D eigenvalue weighted by molar-refractivity contribution is 14.0. The molecule has 0 aromatic heterocycles. The van der Waals surface area contributed by atoms with Crippen molar-refractivity contribution in [3.63, 3.8) is 0 Å². The van der Waals surface area contributed by atoms with Crippen LogP contribution in [-0.4, -0.2) is 104 Å². The maximum absolute atomic E-state index is 10.1. The molecule has 8 heteroatoms. The molecule has 2 N–H and O–H groups in total. The molecular formula is C23H41IN6O. The smallest absolute Gasteiger partial charge is 0.194 e. The van der Waals surface area contributed by atoms with E-state index in [2.05, 4.69) is 38.8 Å². The molecule has 0 bridgehead atoms. The molecule has 7 nitrogen and oxygen atoms in total. The number of benzene rings is 1. The fourth-order valence-corrected chi connectivity index (χ4v) is 4.28. The fraction of sp³-hybridized carbons (Fsp3) is 0.696. The molecule has 2 saturated heterocycles. The number of anilines is 1. The Hall–Kier alpha value is -1.26. The number of piperazine rings is 2. The summed E-state index contributed by atoms with van der Waals surface area (Å²) in [6, 6.07) is 7.61. The normalized spacial score (nSPS) is 18.7. The minimum atomic E-state index is 0. The maximum atomic E-state index is 10.1. The van der Waals surface area contributed by atoms with Crippen LogP contribution in [0.25, 0.3) is 0 Å². The molecule has 3 rings (SSSR count). The Bertz CT molecular complexity index is 657. The molecule has 2 aliphatic heterocycles. The molecule has 2 fully saturated rings. The first kappa shape index (κ1) is 26.0. The van der Waals surface area contributed by atoms with Crippen LogP contribution in [0.3, 0.4) is 0 Å². The Morgan fingerprint density at radius 3 is 2.26 bits per heavy atom. The standard InChI is InChI=1S/C23H40N6O.HI/c1-3-24-23(25-11-7-8-12-27-15-13-26(4-2)14-16-27)29-19-17-28(18-20-29)21-9-5-6-10-22(21)30;/h5-6,9-10,30H,3-4,7-8,11-20H2,1-2H3,(H,24,25);1H. The van der Waals surface area contributed by atoms with E-state index >= 15 is 0 Å². The predicted octanol–water partition coefficient (Wildman–Crippen LogP) is 2.52. The number of likely N-dealkylation sites (N-methyl/N-ethyl adjacent to an activating group) is 1. The van der Waals surface area contributed by atoms with Crippen molar-refractivity contribution in [2.24, 2.45) is 4.99 Å². The summed E-state index contributed by atoms with van der Waals surface area (Å²) in [4.78, 5) is 14.6. The molecule has 0 atom stereocenters. The topological polar surface area (TPSA) is 57.6 Å². The summed E-state index contributed by atoms with van der Waals surface area (Å²) in [6.07, 6.45) is 2.36. The van der Waals surface area contributed by atoms with E-state index in [1.54, 1.807) is 6.07 Å². The number of halogens is 1. The molecule has 0 aliphatic carbocycles. The molecule has 0 amide bonds. The first-order valence-corrected chi connectivity index (χ1v) is 11.7. The van der Waals surface area contributed by atoms with Gasteiger partial charge in [-0.3, -0.25) is 4.99 Å². The van der Waals surface area contributed by atoms with Crippen LogP contribution < -0.4 is 10.2 Å². The summed E-state index contributed by atoms with van der Waals surface area (Å²) in [5.41, 5.74) is 0.929. The average molecular weight is 545 g/mol. The Balaban J connectivity index is 0.00000341. The number of hydrogen-bond acceptors (Lipinski definition) is 5. The second-order valence-electron chi connectivity index (χ2n) is 8.18. The van der Waals surface area contributed by atoms with Crippen LogP contribution in [-0.2, 0) is 0 Å². The van der Waals surface area contributed by atoms with Crippen molar-refractivity contribution < 1.29 is 5.11 Å². The number of aliphatic imine (C=N–C) groups is 1. The number of nitrogens with one attached hydrogen (secondary N) is 1. The molecule has 176 valence electrons. The van der Waals surface area contributed by atoms with Gasteiger partial charge in [0.15, 0.2) is 5.96 Å². The molecule has 0 radical (unpaired) electrons. The van der Waals surface area contributed by atoms with Crippen molar-refractivity contribution in [1.29, 1.82) is 0 Å². The van der Waals surface area contributed by atoms with Gasteiger partial charge in [-0.15, -0.1) is 24.0 Å². The van der Waals surface area contributed by atoms with Crippen LogP contribution in [0.4, 0.5) is 5.69 Å². The summed E-state index contributed by atoms with van der Waals surface area (Å²) in [7, 11) is 0. The first-order valence-electron chi connectivity index (χ1n) is 11.7. The number of nitrogens with zero attached hydrogens (tertiary/aromatic N) is 5. The number of unbranched alkanes of at least 4 members (excludes halogenated alkanes) is 1. The number of hydrogen-bond donors (Lipinski definition) is 2. The third kappa shape index (κ3) is 7.98. The van der Waals surface area contributed by atoms with E-state index in [4.69, 9.17) is 4.99 Å². The zero-order valence-corrected chi connectivity index (χ0v) is 21.6. The van der Waals surface area contributed by atoms with Gasteiger partial charge in [0.05, 0.1) is 5.69 Å². The van der Waals surface area contributed by atoms with Crippen LogP contribution in [0.15, 0.2) is 29.3 Å². The number of aromatic hydroxyl groups is 1. The van der Waals surface area contributed by atoms with Crippen molar-refractivity contribution in [2.45, 2.75) is 26.7 Å². The van der Waals surface area contributed by atoms with Crippen molar-refractivity contribution in [1.82, 2.24) is 20.0 Å². The van der Waals surface area contributed by atoms with Gasteiger partial charge in [-0.1, -0.05) is 19.1 Å². The van der Waals surface area contributed by atoms with E-state index in [1.165, 1.54) is 45.7 Å². The zero-order chi connectivity index (χ0) is 21.2. The average Bonchev–Trinajstić information content (AvgIpc) is 2.79. The monoisotopic (exact) mass is 544 g/mol. The van der Waals surface area contributed by atoms with Gasteiger partial charge in [0, 0.05) is 65.4 Å². The van der Waals surface area contributed by atoms with E-state index < -0.39 is 0 Å². The van der Waals surface area contributed by atoms with Gasteiger partial charge in [-0.2, -0.15) is 0 Å². The number of phenols is 1. The molecule has 2 heterocycles. The first-order chi connectivity index (χ1) is 14.7. The van der Waals surface area contributed by atoms with Crippen LogP contribution in [0.1, 0.15) is 26.7 Å². The van der Waals surface area contributed by atoms with Gasteiger partial charge in [0.2, 0.25) is 0 Å². The lowest BCUT2D eigenvalue weighted by atomic mass is 10.2. The number of para-hydroxylation sites is 2. The lowest BCUT2D eigenvalue weighted by Gasteiger charge is -2.37. The lowest BCUT2D eigenvalue weighted by molar-refractivity contribution is 0.136. The molecular weight excluding hydrogens is 503 g/mol. The third-order valence-corrected chi connectivity index (χ3v) is 6.19. The van der Waals surface area contributed by atoms with E-state index in [9.17, 15) is 5.11 Å². The van der Waals surface area contributed by atoms with Gasteiger partial charge < -0.3 is 30.0 Å². The van der Waals surface area contributed by atoms with Gasteiger partial charge in [0.1, 0.15) is 5.75 Å². The summed E-state index contributed by atoms with van der Waals surface area (Å²) in [6.45, 7) is 17.0. The maximum Gasteiger partial charge on any atom is 0.194 e. The highest BCUT2D eigenvalue weighted by Gasteiger charge is 2.21. The SMILES string of the molecule is CCNC(=NCCCCN1CCN(CC)CC1)N1CCN(c2ccccc2O)CC1.I. The third-order valence-electron chi connectivity index (χ3n) is 6.19. The van der Waals surface area contributed by atoms with Gasteiger partial charge in [-0.05, 0) is 45.0 Å². The molecule has 2 aliphatic rings. The van der Waals surface area contributed by atoms with Gasteiger partial charge in [-0.25, -0.2) is 0 Å². The van der Waals surface area contributed by atoms with Crippen LogP contribution in [0.2, 0.25) is 0 Å². The van der Waals surface area contributed by atoms with Crippen LogP contribution in [0.5, 0.6) is 5.75 Å². The molecule has 0 unspecified atom stereocenters. The van der Waals surface area contributed by atoms with Crippen molar-refractivity contribution in [3.05, 3.63) is 24.3 Å². The second-order valence-corrected chi connectivity index (χ2v) is 8.18. The van der Waals surface area contributed by atoms with E-state index in [0.717, 1.165) is 57.3 Å². The summed E-state index contributed by atoms with van der Waals surface area (Å²) in [5.74, 6) is 1.40. The van der Waals surface area contributed by atoms with E-state index in [-0.39, 0.29) is 24.0 Å². The van der Waals surface area contributed by atoms with Crippen molar-refractivity contribution >= 4 is 35.6 Å². The minimum absolute atomic E-state index is 0. The van der Waals surface area contributed by atoms with E-state index in [1.807, 2.05) is 18.2 Å². The largest absolute Gasteiger partial charge is 0.506 e. The number of guanidine groups is 1. The minimum Gasteiger partial charge on any atom is -0.506 e. The Labute approximate surface area is 205 Å². The molecule has 1 aromatic rings. The highest BCUT2D eigenvalue weighted by Crippen LogP contribution is 2.27. The fourth-order valence-electron chi connectivity index (χ4n) is 4.28. The highest BCUT2D eigenvalue weighted by atomic mass is 127. The van der Waals surface area contributed by atoms with Crippen molar-refractivity contribution in [3.8, 4) is 5.75 Å². The van der Waals surface area contributed by atoms with Crippen molar-refractivity contribution in [2.75, 3.05) is 83.4 Å². The van der Waals surface area contributed by atoms with Crippen LogP contribution >= 0.6 is 24.0 Å². The molecule has 31 heavy (non-hydrogen) atoms. The molecule has 1 aromatic carbocycles. The zero-order valence-electron chi connectivity index (χ0n) is 19.3. The summed E-state index contributed by atoms with van der Waals surface area (Å²) in [5, 5.41) is 13.6. The summed E-state index contributed by atoms with van der Waals surface area (Å²) < 4.78 is 0. The second kappa shape index (κ2) is 14.0. The lowest BCUT2D eigenvalue weighted by Crippen LogP contribution is -2.52. The summed E-state index contributed by atoms with van der Waals surface area (Å²) >= 11 is 0. The Morgan fingerprint density at radius 1 is 0.935 bits per heavy atom. The number of rotatable bonds is 8. The molecule has 0 saturated carbocycles. The van der Waals surface area contributed by atoms with Gasteiger partial charge in [0.25, 0.3) is 0 Å². The van der Waals surface area contributed by atoms with Crippen LogP contribution in [0, 0.1) is 0 Å². The van der Waals surface area contributed by atoms with E-state index in [0.29, 0.717) is 5.75 Å². The Kier molecular flexibility index (Phi) is 11.7. The number of phenolic OH excluding ortho intramolecular Hbond substituents is 1. The predicted molar refractivity (Wildman–Crippen MR) is 141 cm³/mol.